The van der Waals surface area contributed by atoms with Crippen molar-refractivity contribution in [3.05, 3.63) is 65.7 Å². The fraction of sp³-hybridized carbons (Fsp3) is 0.316. The smallest absolute Gasteiger partial charge is 0.251 e. The molecule has 0 saturated heterocycles. The van der Waals surface area contributed by atoms with Crippen molar-refractivity contribution in [3.63, 3.8) is 0 Å². The highest BCUT2D eigenvalue weighted by molar-refractivity contribution is 7.98. The van der Waals surface area contributed by atoms with Gasteiger partial charge in [-0.1, -0.05) is 30.3 Å². The van der Waals surface area contributed by atoms with Gasteiger partial charge in [-0.05, 0) is 36.8 Å². The number of nitrogens with zero attached hydrogens (tertiary/aromatic N) is 1. The lowest BCUT2D eigenvalue weighted by Crippen LogP contribution is -2.29. The van der Waals surface area contributed by atoms with Crippen molar-refractivity contribution in [3.8, 4) is 0 Å². The maximum absolute atomic E-state index is 12.2. The van der Waals surface area contributed by atoms with Crippen LogP contribution in [0.4, 0.5) is 5.69 Å². The Morgan fingerprint density at radius 2 is 1.73 bits per heavy atom. The van der Waals surface area contributed by atoms with Crippen LogP contribution in [-0.2, 0) is 15.8 Å². The molecule has 0 saturated carbocycles. The molecule has 0 aliphatic heterocycles. The molecule has 0 bridgehead atoms. The second kappa shape index (κ2) is 9.64. The van der Waals surface area contributed by atoms with E-state index in [-0.39, 0.29) is 5.91 Å². The number of carbonyl (C=O) groups excluding carboxylic acids is 1. The second-order valence-electron chi connectivity index (χ2n) is 5.77. The third-order valence-electron chi connectivity index (χ3n) is 3.75. The molecular formula is C19H24N2O3S2. The lowest BCUT2D eigenvalue weighted by molar-refractivity contribution is 0.0956. The molecule has 0 spiro atoms. The summed E-state index contributed by atoms with van der Waals surface area (Å²) in [5.41, 5.74) is 2.35. The van der Waals surface area contributed by atoms with Gasteiger partial charge >= 0.3 is 0 Å². The molecule has 5 nitrogen and oxygen atoms in total. The molecule has 2 rings (SSSR count). The highest BCUT2D eigenvalue weighted by atomic mass is 32.2. The maximum Gasteiger partial charge on any atom is 0.251 e. The van der Waals surface area contributed by atoms with Gasteiger partial charge in [0.25, 0.3) is 5.91 Å². The van der Waals surface area contributed by atoms with E-state index in [9.17, 15) is 13.2 Å². The zero-order chi connectivity index (χ0) is 19.0. The predicted octanol–water partition coefficient (Wildman–Crippen LogP) is 3.14. The number of nitrogens with one attached hydrogen (secondary N) is 1. The van der Waals surface area contributed by atoms with Crippen LogP contribution in [0.25, 0.3) is 0 Å². The van der Waals surface area contributed by atoms with Gasteiger partial charge in [0.05, 0.1) is 11.9 Å². The van der Waals surface area contributed by atoms with Crippen LogP contribution in [0.5, 0.6) is 0 Å². The molecule has 0 aromatic heterocycles. The zero-order valence-electron chi connectivity index (χ0n) is 15.0. The average molecular weight is 393 g/mol. The van der Waals surface area contributed by atoms with Crippen molar-refractivity contribution in [2.45, 2.75) is 12.7 Å². The molecule has 0 radical (unpaired) electrons. The van der Waals surface area contributed by atoms with Crippen LogP contribution < -0.4 is 9.62 Å². The van der Waals surface area contributed by atoms with E-state index in [4.69, 9.17) is 0 Å². The number of amides is 1. The van der Waals surface area contributed by atoms with E-state index < -0.39 is 10.0 Å². The van der Waals surface area contributed by atoms with Crippen LogP contribution >= 0.6 is 11.8 Å². The number of hydrogen-bond donors (Lipinski definition) is 1. The Labute approximate surface area is 159 Å². The Kier molecular flexibility index (Phi) is 7.53. The molecule has 0 unspecified atom stereocenters. The minimum absolute atomic E-state index is 0.153. The molecule has 0 aliphatic carbocycles. The molecule has 2 aromatic rings. The first kappa shape index (κ1) is 20.3. The first-order valence-corrected chi connectivity index (χ1v) is 11.4. The Balaban J connectivity index is 1.80. The third kappa shape index (κ3) is 6.07. The quantitative estimate of drug-likeness (QED) is 0.666. The summed E-state index contributed by atoms with van der Waals surface area (Å²) in [6.45, 7) is 2.71. The van der Waals surface area contributed by atoms with Crippen molar-refractivity contribution < 1.29 is 13.2 Å². The van der Waals surface area contributed by atoms with Gasteiger partial charge in [-0.3, -0.25) is 9.10 Å². The van der Waals surface area contributed by atoms with E-state index in [1.54, 1.807) is 43.0 Å². The number of hydrogen-bond acceptors (Lipinski definition) is 4. The molecule has 7 heteroatoms. The molecule has 140 valence electrons. The van der Waals surface area contributed by atoms with Crippen molar-refractivity contribution in [2.75, 3.05) is 29.4 Å². The number of benzene rings is 2. The summed E-state index contributed by atoms with van der Waals surface area (Å²) >= 11 is 1.77. The number of sulfonamides is 1. The lowest BCUT2D eigenvalue weighted by Gasteiger charge is -2.20. The predicted molar refractivity (Wildman–Crippen MR) is 109 cm³/mol. The van der Waals surface area contributed by atoms with Gasteiger partial charge in [-0.25, -0.2) is 8.42 Å². The van der Waals surface area contributed by atoms with Crippen LogP contribution in [0.1, 0.15) is 22.8 Å². The summed E-state index contributed by atoms with van der Waals surface area (Å²) in [7, 11) is -3.31. The van der Waals surface area contributed by atoms with Crippen LogP contribution in [-0.4, -0.2) is 39.4 Å². The fourth-order valence-electron chi connectivity index (χ4n) is 2.49. The Morgan fingerprint density at radius 1 is 1.08 bits per heavy atom. The van der Waals surface area contributed by atoms with Crippen LogP contribution in [0.15, 0.2) is 54.6 Å². The van der Waals surface area contributed by atoms with Crippen LogP contribution in [0.2, 0.25) is 0 Å². The minimum atomic E-state index is -3.31. The van der Waals surface area contributed by atoms with Gasteiger partial charge in [0, 0.05) is 30.2 Å². The minimum Gasteiger partial charge on any atom is -0.351 e. The van der Waals surface area contributed by atoms with Crippen LogP contribution in [0.3, 0.4) is 0 Å². The van der Waals surface area contributed by atoms with Gasteiger partial charge in [0.2, 0.25) is 10.0 Å². The second-order valence-corrected chi connectivity index (χ2v) is 8.78. The topological polar surface area (TPSA) is 66.5 Å². The highest BCUT2D eigenvalue weighted by Crippen LogP contribution is 2.18. The zero-order valence-corrected chi connectivity index (χ0v) is 16.6. The SMILES string of the molecule is CCN(c1ccc(C(=O)NCCSCc2ccccc2)cc1)S(C)(=O)=O. The molecule has 1 N–H and O–H groups in total. The lowest BCUT2D eigenvalue weighted by atomic mass is 10.2. The maximum atomic E-state index is 12.2. The molecule has 0 atom stereocenters. The average Bonchev–Trinajstić information content (AvgIpc) is 2.62. The van der Waals surface area contributed by atoms with E-state index >= 15 is 0 Å². The molecule has 0 fully saturated rings. The van der Waals surface area contributed by atoms with E-state index in [2.05, 4.69) is 17.4 Å². The van der Waals surface area contributed by atoms with Crippen molar-refractivity contribution in [1.29, 1.82) is 0 Å². The van der Waals surface area contributed by atoms with E-state index in [0.29, 0.717) is 24.3 Å². The molecular weight excluding hydrogens is 368 g/mol. The Bertz CT molecular complexity index is 806. The number of carbonyl (C=O) groups is 1. The molecule has 1 amide bonds. The largest absolute Gasteiger partial charge is 0.351 e. The van der Waals surface area contributed by atoms with Gasteiger partial charge in [-0.2, -0.15) is 11.8 Å². The van der Waals surface area contributed by atoms with E-state index in [1.807, 2.05) is 18.2 Å². The van der Waals surface area contributed by atoms with Gasteiger partial charge in [0.15, 0.2) is 0 Å². The summed E-state index contributed by atoms with van der Waals surface area (Å²) < 4.78 is 24.8. The van der Waals surface area contributed by atoms with Crippen LogP contribution in [0, 0.1) is 0 Å². The summed E-state index contributed by atoms with van der Waals surface area (Å²) in [5, 5.41) is 2.89. The molecule has 0 heterocycles. The van der Waals surface area contributed by atoms with E-state index in [0.717, 1.165) is 11.5 Å². The molecule has 26 heavy (non-hydrogen) atoms. The van der Waals surface area contributed by atoms with Crippen molar-refractivity contribution in [1.82, 2.24) is 5.32 Å². The van der Waals surface area contributed by atoms with E-state index in [1.165, 1.54) is 16.1 Å². The van der Waals surface area contributed by atoms with Crippen molar-refractivity contribution in [2.24, 2.45) is 0 Å². The number of thioether (sulfide) groups is 1. The van der Waals surface area contributed by atoms with Gasteiger partial charge in [-0.15, -0.1) is 0 Å². The standard InChI is InChI=1S/C19H24N2O3S2/c1-3-21(26(2,23)24)18-11-9-17(10-12-18)19(22)20-13-14-25-15-16-7-5-4-6-8-16/h4-12H,3,13-15H2,1-2H3,(H,20,22). The van der Waals surface area contributed by atoms with Gasteiger partial charge < -0.3 is 5.32 Å². The summed E-state index contributed by atoms with van der Waals surface area (Å²) in [5.74, 6) is 1.60. The Hall–Kier alpha value is -1.99. The molecule has 0 aliphatic rings. The summed E-state index contributed by atoms with van der Waals surface area (Å²) in [6, 6.07) is 16.8. The monoisotopic (exact) mass is 392 g/mol. The number of anilines is 1. The summed E-state index contributed by atoms with van der Waals surface area (Å²) in [4.78, 5) is 12.2. The molecule has 2 aromatic carbocycles. The first-order valence-electron chi connectivity index (χ1n) is 8.39. The fourth-order valence-corrected chi connectivity index (χ4v) is 4.28. The van der Waals surface area contributed by atoms with Crippen molar-refractivity contribution >= 4 is 33.4 Å². The highest BCUT2D eigenvalue weighted by Gasteiger charge is 2.15. The van der Waals surface area contributed by atoms with Gasteiger partial charge in [0.1, 0.15) is 0 Å². The Morgan fingerprint density at radius 3 is 2.31 bits per heavy atom. The third-order valence-corrected chi connectivity index (χ3v) is 6.05. The summed E-state index contributed by atoms with van der Waals surface area (Å²) in [6.07, 6.45) is 1.17. The normalized spacial score (nSPS) is 11.2. The number of rotatable bonds is 9. The first-order chi connectivity index (χ1) is 12.4.